The van der Waals surface area contributed by atoms with Gasteiger partial charge in [0.25, 0.3) is 0 Å². The molecule has 0 saturated carbocycles. The summed E-state index contributed by atoms with van der Waals surface area (Å²) in [6, 6.07) is 9.74. The molecule has 1 aromatic carbocycles. The number of halogens is 1. The predicted molar refractivity (Wildman–Crippen MR) is 93.2 cm³/mol. The van der Waals surface area contributed by atoms with E-state index in [2.05, 4.69) is 12.0 Å². The molecule has 23 heavy (non-hydrogen) atoms. The third-order valence-corrected chi connectivity index (χ3v) is 3.73. The number of benzene rings is 1. The first-order valence-electron chi connectivity index (χ1n) is 7.70. The van der Waals surface area contributed by atoms with Crippen LogP contribution in [0.5, 0.6) is 5.75 Å². The highest BCUT2D eigenvalue weighted by Gasteiger charge is 2.13. The normalized spacial score (nSPS) is 11.9. The first kappa shape index (κ1) is 15.8. The molecule has 0 spiro atoms. The zero-order valence-corrected chi connectivity index (χ0v) is 14.6. The third-order valence-electron chi connectivity index (χ3n) is 3.46. The van der Waals surface area contributed by atoms with E-state index in [0.29, 0.717) is 5.15 Å². The van der Waals surface area contributed by atoms with Crippen LogP contribution in [0.25, 0.3) is 16.9 Å². The Morgan fingerprint density at radius 2 is 1.87 bits per heavy atom. The maximum atomic E-state index is 6.34. The van der Waals surface area contributed by atoms with Gasteiger partial charge in [0, 0.05) is 17.2 Å². The van der Waals surface area contributed by atoms with Crippen LogP contribution in [0.2, 0.25) is 5.15 Å². The Labute approximate surface area is 141 Å². The topological polar surface area (TPSA) is 39.4 Å². The van der Waals surface area contributed by atoms with Crippen molar-refractivity contribution in [3.8, 4) is 17.0 Å². The van der Waals surface area contributed by atoms with E-state index in [1.54, 1.807) is 4.52 Å². The van der Waals surface area contributed by atoms with E-state index < -0.39 is 0 Å². The van der Waals surface area contributed by atoms with Gasteiger partial charge in [0.15, 0.2) is 5.65 Å². The summed E-state index contributed by atoms with van der Waals surface area (Å²) in [5.41, 5.74) is 3.51. The van der Waals surface area contributed by atoms with Crippen LogP contribution < -0.4 is 4.74 Å². The van der Waals surface area contributed by atoms with Crippen LogP contribution in [0.4, 0.5) is 0 Å². The van der Waals surface area contributed by atoms with E-state index in [1.807, 2.05) is 57.3 Å². The predicted octanol–water partition coefficient (Wildman–Crippen LogP) is 4.79. The van der Waals surface area contributed by atoms with E-state index >= 15 is 0 Å². The van der Waals surface area contributed by atoms with Crippen LogP contribution in [0.1, 0.15) is 33.3 Å². The number of hydrogen-bond donors (Lipinski definition) is 0. The average Bonchev–Trinajstić information content (AvgIpc) is 2.90. The summed E-state index contributed by atoms with van der Waals surface area (Å²) in [6.45, 7) is 8.17. The number of aromatic nitrogens is 3. The molecule has 3 rings (SSSR count). The summed E-state index contributed by atoms with van der Waals surface area (Å²) < 4.78 is 7.52. The van der Waals surface area contributed by atoms with Gasteiger partial charge in [-0.25, -0.2) is 9.50 Å². The van der Waals surface area contributed by atoms with Crippen LogP contribution in [0.3, 0.4) is 0 Å². The minimum Gasteiger partial charge on any atom is -0.488 e. The zero-order valence-electron chi connectivity index (χ0n) is 13.8. The Morgan fingerprint density at radius 3 is 2.48 bits per heavy atom. The molecule has 0 fully saturated rings. The second kappa shape index (κ2) is 5.85. The van der Waals surface area contributed by atoms with Crippen LogP contribution in [0, 0.1) is 0 Å². The fourth-order valence-electron chi connectivity index (χ4n) is 2.42. The molecule has 0 saturated heterocycles. The summed E-state index contributed by atoms with van der Waals surface area (Å²) in [6.07, 6.45) is 2.69. The standard InChI is InChI=1S/C18H20ClN3O/c1-5-12-11-20-22-16(19)10-15(21-17(12)22)13-6-8-14(9-7-13)23-18(2,3)4/h6-11H,5H2,1-4H3. The minimum atomic E-state index is -0.213. The Hall–Kier alpha value is -2.07. The largest absolute Gasteiger partial charge is 0.488 e. The molecular formula is C18H20ClN3O. The maximum absolute atomic E-state index is 6.34. The molecule has 120 valence electrons. The van der Waals surface area contributed by atoms with Crippen LogP contribution in [-0.2, 0) is 6.42 Å². The van der Waals surface area contributed by atoms with Gasteiger partial charge >= 0.3 is 0 Å². The summed E-state index contributed by atoms with van der Waals surface area (Å²) in [7, 11) is 0. The van der Waals surface area contributed by atoms with Crippen LogP contribution >= 0.6 is 11.6 Å². The van der Waals surface area contributed by atoms with Gasteiger partial charge in [0.1, 0.15) is 16.5 Å². The Balaban J connectivity index is 1.99. The van der Waals surface area contributed by atoms with Crippen LogP contribution in [-0.4, -0.2) is 20.2 Å². The quantitative estimate of drug-likeness (QED) is 0.648. The summed E-state index contributed by atoms with van der Waals surface area (Å²) in [5, 5.41) is 4.84. The van der Waals surface area contributed by atoms with Crippen molar-refractivity contribution in [3.63, 3.8) is 0 Å². The van der Waals surface area contributed by atoms with Crippen molar-refractivity contribution in [2.24, 2.45) is 0 Å². The lowest BCUT2D eigenvalue weighted by atomic mass is 10.1. The molecule has 5 heteroatoms. The van der Waals surface area contributed by atoms with Gasteiger partial charge in [-0.1, -0.05) is 18.5 Å². The lowest BCUT2D eigenvalue weighted by molar-refractivity contribution is 0.131. The van der Waals surface area contributed by atoms with Gasteiger partial charge in [-0.15, -0.1) is 0 Å². The number of nitrogens with zero attached hydrogens (tertiary/aromatic N) is 3. The van der Waals surface area contributed by atoms with Gasteiger partial charge in [-0.05, 0) is 51.5 Å². The molecule has 0 aliphatic carbocycles. The Bertz CT molecular complexity index is 832. The van der Waals surface area contributed by atoms with Crippen LogP contribution in [0.15, 0.2) is 36.5 Å². The minimum absolute atomic E-state index is 0.213. The summed E-state index contributed by atoms with van der Waals surface area (Å²) in [4.78, 5) is 4.72. The van der Waals surface area contributed by atoms with Gasteiger partial charge in [0.2, 0.25) is 0 Å². The van der Waals surface area contributed by atoms with Gasteiger partial charge in [0.05, 0.1) is 11.9 Å². The molecule has 4 nitrogen and oxygen atoms in total. The lowest BCUT2D eigenvalue weighted by Crippen LogP contribution is -2.22. The molecule has 2 heterocycles. The highest BCUT2D eigenvalue weighted by Crippen LogP contribution is 2.26. The molecule has 0 bridgehead atoms. The molecular weight excluding hydrogens is 310 g/mol. The van der Waals surface area contributed by atoms with Crippen molar-refractivity contribution in [2.75, 3.05) is 0 Å². The molecule has 0 aliphatic rings. The monoisotopic (exact) mass is 329 g/mol. The van der Waals surface area contributed by atoms with Crippen molar-refractivity contribution in [3.05, 3.63) is 47.2 Å². The smallest absolute Gasteiger partial charge is 0.160 e. The number of rotatable bonds is 3. The van der Waals surface area contributed by atoms with E-state index in [4.69, 9.17) is 21.3 Å². The number of ether oxygens (including phenoxy) is 1. The maximum Gasteiger partial charge on any atom is 0.160 e. The molecule has 0 atom stereocenters. The van der Waals surface area contributed by atoms with Crippen molar-refractivity contribution < 1.29 is 4.74 Å². The summed E-state index contributed by atoms with van der Waals surface area (Å²) in [5.74, 6) is 0.840. The highest BCUT2D eigenvalue weighted by molar-refractivity contribution is 6.30. The molecule has 0 N–H and O–H groups in total. The Kier molecular flexibility index (Phi) is 4.02. The lowest BCUT2D eigenvalue weighted by Gasteiger charge is -2.21. The van der Waals surface area contributed by atoms with Crippen molar-refractivity contribution in [1.82, 2.24) is 14.6 Å². The highest BCUT2D eigenvalue weighted by atomic mass is 35.5. The fourth-order valence-corrected chi connectivity index (χ4v) is 2.64. The Morgan fingerprint density at radius 1 is 1.17 bits per heavy atom. The first-order chi connectivity index (χ1) is 10.9. The average molecular weight is 330 g/mol. The van der Waals surface area contributed by atoms with E-state index in [0.717, 1.165) is 34.6 Å². The second-order valence-corrected chi connectivity index (χ2v) is 6.85. The molecule has 3 aromatic rings. The molecule has 0 unspecified atom stereocenters. The first-order valence-corrected chi connectivity index (χ1v) is 8.08. The number of hydrogen-bond acceptors (Lipinski definition) is 3. The molecule has 0 radical (unpaired) electrons. The molecule has 0 aliphatic heterocycles. The fraction of sp³-hybridized carbons (Fsp3) is 0.333. The van der Waals surface area contributed by atoms with Gasteiger partial charge < -0.3 is 4.74 Å². The molecule has 0 amide bonds. The van der Waals surface area contributed by atoms with Crippen molar-refractivity contribution in [1.29, 1.82) is 0 Å². The van der Waals surface area contributed by atoms with Crippen molar-refractivity contribution >= 4 is 17.2 Å². The van der Waals surface area contributed by atoms with E-state index in [9.17, 15) is 0 Å². The number of fused-ring (bicyclic) bond motifs is 1. The van der Waals surface area contributed by atoms with Gasteiger partial charge in [-0.3, -0.25) is 0 Å². The second-order valence-electron chi connectivity index (χ2n) is 6.46. The SMILES string of the molecule is CCc1cnn2c(Cl)cc(-c3ccc(OC(C)(C)C)cc3)nc12. The zero-order chi connectivity index (χ0) is 16.6. The van der Waals surface area contributed by atoms with Gasteiger partial charge in [-0.2, -0.15) is 5.10 Å². The van der Waals surface area contributed by atoms with E-state index in [1.165, 1.54) is 0 Å². The summed E-state index contributed by atoms with van der Waals surface area (Å²) >= 11 is 6.34. The molecule has 2 aromatic heterocycles. The van der Waals surface area contributed by atoms with Crippen molar-refractivity contribution in [2.45, 2.75) is 39.7 Å². The third kappa shape index (κ3) is 3.32. The van der Waals surface area contributed by atoms with E-state index in [-0.39, 0.29) is 5.60 Å². The number of aryl methyl sites for hydroxylation is 1.